The van der Waals surface area contributed by atoms with Gasteiger partial charge >= 0.3 is 5.97 Å². The highest BCUT2D eigenvalue weighted by Gasteiger charge is 2.25. The minimum Gasteiger partial charge on any atom is -0.459 e. The van der Waals surface area contributed by atoms with Crippen molar-refractivity contribution in [1.29, 1.82) is 0 Å². The highest BCUT2D eigenvalue weighted by Crippen LogP contribution is 2.22. The van der Waals surface area contributed by atoms with Crippen LogP contribution in [-0.2, 0) is 22.5 Å². The standard InChI is InChI=1S/C13H22BrN3O2/c1-6-17-10(11(14)8(2)16-17)7-9(15)12(18)19-13(3,4)5/h9H,6-7,15H2,1-5H3. The molecule has 0 aliphatic rings. The van der Waals surface area contributed by atoms with E-state index in [4.69, 9.17) is 10.5 Å². The Hall–Kier alpha value is -0.880. The third kappa shape index (κ3) is 4.31. The molecule has 1 aromatic heterocycles. The van der Waals surface area contributed by atoms with Gasteiger partial charge in [0.15, 0.2) is 0 Å². The zero-order chi connectivity index (χ0) is 14.8. The molecule has 0 spiro atoms. The van der Waals surface area contributed by atoms with Crippen molar-refractivity contribution in [3.8, 4) is 0 Å². The average Bonchev–Trinajstić information content (AvgIpc) is 2.54. The number of aromatic nitrogens is 2. The zero-order valence-corrected chi connectivity index (χ0v) is 13.7. The predicted octanol–water partition coefficient (Wildman–Crippen LogP) is 2.19. The Morgan fingerprint density at radius 1 is 1.53 bits per heavy atom. The average molecular weight is 332 g/mol. The molecule has 2 N–H and O–H groups in total. The molecule has 1 unspecified atom stereocenters. The summed E-state index contributed by atoms with van der Waals surface area (Å²) in [6, 6.07) is -0.683. The summed E-state index contributed by atoms with van der Waals surface area (Å²) in [6.45, 7) is 10.1. The van der Waals surface area contributed by atoms with Crippen molar-refractivity contribution in [2.24, 2.45) is 5.73 Å². The van der Waals surface area contributed by atoms with E-state index >= 15 is 0 Å². The Morgan fingerprint density at radius 2 is 2.11 bits per heavy atom. The minimum atomic E-state index is -0.683. The first kappa shape index (κ1) is 16.2. The van der Waals surface area contributed by atoms with Gasteiger partial charge in [-0.2, -0.15) is 5.10 Å². The molecule has 0 aliphatic carbocycles. The van der Waals surface area contributed by atoms with Crippen LogP contribution < -0.4 is 5.73 Å². The van der Waals surface area contributed by atoms with Gasteiger partial charge in [0.25, 0.3) is 0 Å². The van der Waals surface area contributed by atoms with E-state index in [2.05, 4.69) is 21.0 Å². The van der Waals surface area contributed by atoms with E-state index in [1.165, 1.54) is 0 Å². The van der Waals surface area contributed by atoms with E-state index in [0.717, 1.165) is 22.4 Å². The Morgan fingerprint density at radius 3 is 2.58 bits per heavy atom. The van der Waals surface area contributed by atoms with Gasteiger partial charge in [-0.3, -0.25) is 9.48 Å². The maximum Gasteiger partial charge on any atom is 0.323 e. The fraction of sp³-hybridized carbons (Fsp3) is 0.692. The number of carbonyl (C=O) groups is 1. The van der Waals surface area contributed by atoms with Crippen molar-refractivity contribution in [3.05, 3.63) is 15.9 Å². The van der Waals surface area contributed by atoms with Crippen LogP contribution in [0.1, 0.15) is 39.1 Å². The van der Waals surface area contributed by atoms with Crippen LogP contribution in [0.5, 0.6) is 0 Å². The Bertz CT molecular complexity index is 463. The second-order valence-corrected chi connectivity index (χ2v) is 6.30. The number of carbonyl (C=O) groups excluding carboxylic acids is 1. The van der Waals surface area contributed by atoms with E-state index in [-0.39, 0.29) is 5.97 Å². The number of nitrogens with zero attached hydrogens (tertiary/aromatic N) is 2. The summed E-state index contributed by atoms with van der Waals surface area (Å²) in [6.07, 6.45) is 0.407. The molecule has 0 saturated carbocycles. The van der Waals surface area contributed by atoms with Crippen LogP contribution >= 0.6 is 15.9 Å². The van der Waals surface area contributed by atoms with Crippen LogP contribution in [-0.4, -0.2) is 27.4 Å². The molecule has 1 aromatic rings. The molecular weight excluding hydrogens is 310 g/mol. The summed E-state index contributed by atoms with van der Waals surface area (Å²) in [4.78, 5) is 11.9. The molecule has 0 radical (unpaired) electrons. The van der Waals surface area contributed by atoms with E-state index in [1.807, 2.05) is 39.3 Å². The summed E-state index contributed by atoms with van der Waals surface area (Å²) in [5, 5.41) is 4.38. The third-order valence-electron chi connectivity index (χ3n) is 2.58. The van der Waals surface area contributed by atoms with Gasteiger partial charge in [-0.25, -0.2) is 0 Å². The predicted molar refractivity (Wildman–Crippen MR) is 77.9 cm³/mol. The van der Waals surface area contributed by atoms with Crippen LogP contribution in [0.15, 0.2) is 4.47 Å². The molecule has 0 saturated heterocycles. The van der Waals surface area contributed by atoms with Gasteiger partial charge in [0.05, 0.1) is 15.9 Å². The number of hydrogen-bond donors (Lipinski definition) is 1. The van der Waals surface area contributed by atoms with E-state index < -0.39 is 11.6 Å². The van der Waals surface area contributed by atoms with Crippen molar-refractivity contribution < 1.29 is 9.53 Å². The highest BCUT2D eigenvalue weighted by molar-refractivity contribution is 9.10. The maximum atomic E-state index is 11.9. The molecule has 1 atom stereocenters. The quantitative estimate of drug-likeness (QED) is 0.858. The van der Waals surface area contributed by atoms with Crippen molar-refractivity contribution in [1.82, 2.24) is 9.78 Å². The monoisotopic (exact) mass is 331 g/mol. The summed E-state index contributed by atoms with van der Waals surface area (Å²) < 4.78 is 8.04. The number of hydrogen-bond acceptors (Lipinski definition) is 4. The van der Waals surface area contributed by atoms with Gasteiger partial charge in [-0.15, -0.1) is 0 Å². The first-order chi connectivity index (χ1) is 8.65. The van der Waals surface area contributed by atoms with Gasteiger partial charge in [0.2, 0.25) is 0 Å². The van der Waals surface area contributed by atoms with Crippen molar-refractivity contribution >= 4 is 21.9 Å². The molecule has 0 aliphatic heterocycles. The largest absolute Gasteiger partial charge is 0.459 e. The normalized spacial score (nSPS) is 13.4. The first-order valence-corrected chi connectivity index (χ1v) is 7.15. The lowest BCUT2D eigenvalue weighted by Gasteiger charge is -2.22. The fourth-order valence-electron chi connectivity index (χ4n) is 1.73. The molecule has 1 rings (SSSR count). The van der Waals surface area contributed by atoms with Crippen molar-refractivity contribution in [2.75, 3.05) is 0 Å². The first-order valence-electron chi connectivity index (χ1n) is 6.36. The van der Waals surface area contributed by atoms with Crippen LogP contribution in [0, 0.1) is 6.92 Å². The maximum absolute atomic E-state index is 11.9. The molecule has 0 bridgehead atoms. The molecule has 0 fully saturated rings. The SMILES string of the molecule is CCn1nc(C)c(Br)c1CC(N)C(=O)OC(C)(C)C. The Balaban J connectivity index is 2.82. The molecule has 0 aromatic carbocycles. The van der Waals surface area contributed by atoms with E-state index in [9.17, 15) is 4.79 Å². The molecular formula is C13H22BrN3O2. The van der Waals surface area contributed by atoms with Gasteiger partial charge in [0, 0.05) is 13.0 Å². The summed E-state index contributed by atoms with van der Waals surface area (Å²) in [5.41, 5.74) is 7.23. The lowest BCUT2D eigenvalue weighted by Crippen LogP contribution is -2.39. The second-order valence-electron chi connectivity index (χ2n) is 5.51. The van der Waals surface area contributed by atoms with Crippen LogP contribution in [0.3, 0.4) is 0 Å². The van der Waals surface area contributed by atoms with Crippen LogP contribution in [0.25, 0.3) is 0 Å². The molecule has 19 heavy (non-hydrogen) atoms. The molecule has 5 nitrogen and oxygen atoms in total. The number of halogens is 1. The second kappa shape index (κ2) is 6.05. The molecule has 6 heteroatoms. The smallest absolute Gasteiger partial charge is 0.323 e. The topological polar surface area (TPSA) is 70.1 Å². The van der Waals surface area contributed by atoms with Crippen molar-refractivity contribution in [2.45, 2.75) is 59.2 Å². The van der Waals surface area contributed by atoms with Crippen LogP contribution in [0.2, 0.25) is 0 Å². The summed E-state index contributed by atoms with van der Waals surface area (Å²) in [5.74, 6) is -0.388. The lowest BCUT2D eigenvalue weighted by molar-refractivity contribution is -0.156. The summed E-state index contributed by atoms with van der Waals surface area (Å²) in [7, 11) is 0. The molecule has 0 amide bonds. The minimum absolute atomic E-state index is 0.388. The van der Waals surface area contributed by atoms with Gasteiger partial charge < -0.3 is 10.5 Å². The van der Waals surface area contributed by atoms with E-state index in [0.29, 0.717) is 6.42 Å². The number of rotatable bonds is 4. The van der Waals surface area contributed by atoms with Gasteiger partial charge in [-0.1, -0.05) is 0 Å². The zero-order valence-electron chi connectivity index (χ0n) is 12.2. The van der Waals surface area contributed by atoms with E-state index in [1.54, 1.807) is 0 Å². The Labute approximate surface area is 122 Å². The number of esters is 1. The lowest BCUT2D eigenvalue weighted by atomic mass is 10.1. The number of ether oxygens (including phenoxy) is 1. The van der Waals surface area contributed by atoms with Crippen LogP contribution in [0.4, 0.5) is 0 Å². The number of nitrogens with two attached hydrogens (primary N) is 1. The number of aryl methyl sites for hydroxylation is 2. The molecule has 108 valence electrons. The van der Waals surface area contributed by atoms with Gasteiger partial charge in [-0.05, 0) is 50.5 Å². The summed E-state index contributed by atoms with van der Waals surface area (Å²) >= 11 is 3.49. The Kier molecular flexibility index (Phi) is 5.15. The van der Waals surface area contributed by atoms with Crippen molar-refractivity contribution in [3.63, 3.8) is 0 Å². The molecule has 1 heterocycles. The highest BCUT2D eigenvalue weighted by atomic mass is 79.9. The van der Waals surface area contributed by atoms with Gasteiger partial charge in [0.1, 0.15) is 11.6 Å². The third-order valence-corrected chi connectivity index (χ3v) is 3.61. The fourth-order valence-corrected chi connectivity index (χ4v) is 2.18.